The SMILES string of the molecule is CCOC(=O)[C@H]1CCCN(C(=O)[C@@H]2CC(=O)N(c3ccc(C)c(Cl)c3)C2)C1. The molecule has 2 heterocycles. The number of hydrogen-bond acceptors (Lipinski definition) is 4. The van der Waals surface area contributed by atoms with E-state index in [1.54, 1.807) is 22.8 Å². The third kappa shape index (κ3) is 4.26. The third-order valence-corrected chi connectivity index (χ3v) is 5.70. The van der Waals surface area contributed by atoms with E-state index >= 15 is 0 Å². The minimum atomic E-state index is -0.390. The molecule has 2 amide bonds. The van der Waals surface area contributed by atoms with Gasteiger partial charge in [-0.1, -0.05) is 17.7 Å². The summed E-state index contributed by atoms with van der Waals surface area (Å²) in [6.07, 6.45) is 1.69. The van der Waals surface area contributed by atoms with E-state index in [1.807, 2.05) is 19.1 Å². The maximum atomic E-state index is 12.9. The summed E-state index contributed by atoms with van der Waals surface area (Å²) in [5, 5.41) is 0.600. The molecule has 146 valence electrons. The van der Waals surface area contributed by atoms with E-state index < -0.39 is 5.92 Å². The molecule has 0 spiro atoms. The lowest BCUT2D eigenvalue weighted by Crippen LogP contribution is -2.45. The second-order valence-electron chi connectivity index (χ2n) is 7.21. The highest BCUT2D eigenvalue weighted by Crippen LogP contribution is 2.30. The van der Waals surface area contributed by atoms with Gasteiger partial charge in [0.05, 0.1) is 18.4 Å². The zero-order valence-corrected chi connectivity index (χ0v) is 16.5. The third-order valence-electron chi connectivity index (χ3n) is 5.29. The van der Waals surface area contributed by atoms with Crippen LogP contribution in [0.3, 0.4) is 0 Å². The first kappa shape index (κ1) is 19.7. The molecule has 27 heavy (non-hydrogen) atoms. The van der Waals surface area contributed by atoms with Gasteiger partial charge in [0.25, 0.3) is 0 Å². The van der Waals surface area contributed by atoms with Gasteiger partial charge in [-0.2, -0.15) is 0 Å². The molecule has 7 heteroatoms. The smallest absolute Gasteiger partial charge is 0.310 e. The Labute approximate surface area is 164 Å². The van der Waals surface area contributed by atoms with Crippen molar-refractivity contribution in [2.24, 2.45) is 11.8 Å². The van der Waals surface area contributed by atoms with E-state index in [4.69, 9.17) is 16.3 Å². The zero-order chi connectivity index (χ0) is 19.6. The van der Waals surface area contributed by atoms with Gasteiger partial charge in [0.2, 0.25) is 11.8 Å². The predicted molar refractivity (Wildman–Crippen MR) is 103 cm³/mol. The summed E-state index contributed by atoms with van der Waals surface area (Å²) in [7, 11) is 0. The van der Waals surface area contributed by atoms with Gasteiger partial charge >= 0.3 is 5.97 Å². The summed E-state index contributed by atoms with van der Waals surface area (Å²) in [6.45, 7) is 5.36. The van der Waals surface area contributed by atoms with Crippen molar-refractivity contribution in [1.29, 1.82) is 0 Å². The van der Waals surface area contributed by atoms with Crippen molar-refractivity contribution in [2.75, 3.05) is 31.1 Å². The van der Waals surface area contributed by atoms with Crippen LogP contribution in [0.25, 0.3) is 0 Å². The number of carbonyl (C=O) groups is 3. The highest BCUT2D eigenvalue weighted by molar-refractivity contribution is 6.31. The van der Waals surface area contributed by atoms with E-state index in [0.717, 1.165) is 18.4 Å². The highest BCUT2D eigenvalue weighted by Gasteiger charge is 2.39. The molecule has 0 unspecified atom stereocenters. The van der Waals surface area contributed by atoms with E-state index in [9.17, 15) is 14.4 Å². The molecule has 3 rings (SSSR count). The van der Waals surface area contributed by atoms with Crippen molar-refractivity contribution in [3.05, 3.63) is 28.8 Å². The molecular weight excluding hydrogens is 368 g/mol. The number of piperidine rings is 1. The summed E-state index contributed by atoms with van der Waals surface area (Å²) in [5.41, 5.74) is 1.66. The maximum Gasteiger partial charge on any atom is 0.310 e. The van der Waals surface area contributed by atoms with Gasteiger partial charge < -0.3 is 14.5 Å². The number of amides is 2. The molecule has 0 saturated carbocycles. The Morgan fingerprint density at radius 2 is 2.04 bits per heavy atom. The molecule has 0 aliphatic carbocycles. The minimum Gasteiger partial charge on any atom is -0.466 e. The monoisotopic (exact) mass is 392 g/mol. The van der Waals surface area contributed by atoms with Crippen LogP contribution in [0, 0.1) is 18.8 Å². The van der Waals surface area contributed by atoms with Crippen molar-refractivity contribution in [3.63, 3.8) is 0 Å². The van der Waals surface area contributed by atoms with Crippen molar-refractivity contribution in [2.45, 2.75) is 33.1 Å². The predicted octanol–water partition coefficient (Wildman–Crippen LogP) is 2.80. The van der Waals surface area contributed by atoms with Gasteiger partial charge in [0.1, 0.15) is 0 Å². The van der Waals surface area contributed by atoms with E-state index in [-0.39, 0.29) is 30.1 Å². The lowest BCUT2D eigenvalue weighted by Gasteiger charge is -2.33. The van der Waals surface area contributed by atoms with Crippen LogP contribution in [0.15, 0.2) is 18.2 Å². The second kappa shape index (κ2) is 8.30. The van der Waals surface area contributed by atoms with Gasteiger partial charge in [-0.3, -0.25) is 14.4 Å². The fourth-order valence-electron chi connectivity index (χ4n) is 3.76. The largest absolute Gasteiger partial charge is 0.466 e. The highest BCUT2D eigenvalue weighted by atomic mass is 35.5. The zero-order valence-electron chi connectivity index (χ0n) is 15.7. The molecule has 2 atom stereocenters. The molecule has 1 aromatic rings. The standard InChI is InChI=1S/C20H25ClN2O4/c1-3-27-20(26)14-5-4-8-22(11-14)19(25)15-9-18(24)23(12-15)16-7-6-13(2)17(21)10-16/h6-7,10,14-15H,3-5,8-9,11-12H2,1-2H3/t14-,15+/m0/s1. The second-order valence-corrected chi connectivity index (χ2v) is 7.62. The lowest BCUT2D eigenvalue weighted by molar-refractivity contribution is -0.152. The number of anilines is 1. The summed E-state index contributed by atoms with van der Waals surface area (Å²) < 4.78 is 5.10. The molecular formula is C20H25ClN2O4. The fourth-order valence-corrected chi connectivity index (χ4v) is 3.93. The number of benzene rings is 1. The van der Waals surface area contributed by atoms with Crippen molar-refractivity contribution < 1.29 is 19.1 Å². The number of halogens is 1. The number of aryl methyl sites for hydroxylation is 1. The van der Waals surface area contributed by atoms with Crippen LogP contribution in [0.5, 0.6) is 0 Å². The number of ether oxygens (including phenoxy) is 1. The van der Waals surface area contributed by atoms with E-state index in [0.29, 0.717) is 37.0 Å². The van der Waals surface area contributed by atoms with E-state index in [2.05, 4.69) is 0 Å². The average molecular weight is 393 g/mol. The minimum absolute atomic E-state index is 0.0574. The van der Waals surface area contributed by atoms with Gasteiger partial charge in [0, 0.05) is 36.8 Å². The molecule has 0 radical (unpaired) electrons. The molecule has 2 aliphatic rings. The molecule has 6 nitrogen and oxygen atoms in total. The van der Waals surface area contributed by atoms with Crippen molar-refractivity contribution in [1.82, 2.24) is 4.90 Å². The van der Waals surface area contributed by atoms with Crippen LogP contribution in [0.2, 0.25) is 5.02 Å². The molecule has 2 saturated heterocycles. The fraction of sp³-hybridized carbons (Fsp3) is 0.550. The number of rotatable bonds is 4. The van der Waals surface area contributed by atoms with Gasteiger partial charge in [-0.15, -0.1) is 0 Å². The van der Waals surface area contributed by atoms with Gasteiger partial charge in [-0.25, -0.2) is 0 Å². The van der Waals surface area contributed by atoms with Crippen LogP contribution in [-0.4, -0.2) is 48.9 Å². The van der Waals surface area contributed by atoms with Crippen LogP contribution in [0.4, 0.5) is 5.69 Å². The summed E-state index contributed by atoms with van der Waals surface area (Å²) in [4.78, 5) is 40.7. The van der Waals surface area contributed by atoms with Gasteiger partial charge in [-0.05, 0) is 44.4 Å². The Morgan fingerprint density at radius 1 is 1.26 bits per heavy atom. The molecule has 2 aliphatic heterocycles. The summed E-state index contributed by atoms with van der Waals surface area (Å²) in [6, 6.07) is 5.48. The van der Waals surface area contributed by atoms with Crippen LogP contribution in [0.1, 0.15) is 31.7 Å². The first-order valence-corrected chi connectivity index (χ1v) is 9.80. The molecule has 1 aromatic carbocycles. The number of carbonyl (C=O) groups excluding carboxylic acids is 3. The quantitative estimate of drug-likeness (QED) is 0.739. The number of hydrogen-bond donors (Lipinski definition) is 0. The summed E-state index contributed by atoms with van der Waals surface area (Å²) >= 11 is 6.18. The van der Waals surface area contributed by atoms with Gasteiger partial charge in [0.15, 0.2) is 0 Å². The number of nitrogens with zero attached hydrogens (tertiary/aromatic N) is 2. The van der Waals surface area contributed by atoms with Crippen LogP contribution in [-0.2, 0) is 19.1 Å². The Hall–Kier alpha value is -2.08. The maximum absolute atomic E-state index is 12.9. The molecule has 0 aromatic heterocycles. The Balaban J connectivity index is 1.66. The number of likely N-dealkylation sites (tertiary alicyclic amines) is 1. The molecule has 2 fully saturated rings. The average Bonchev–Trinajstić information content (AvgIpc) is 3.05. The van der Waals surface area contributed by atoms with E-state index in [1.165, 1.54) is 0 Å². The number of esters is 1. The first-order chi connectivity index (χ1) is 12.9. The van der Waals surface area contributed by atoms with Crippen molar-refractivity contribution in [3.8, 4) is 0 Å². The van der Waals surface area contributed by atoms with Crippen molar-refractivity contribution >= 4 is 35.1 Å². The lowest BCUT2D eigenvalue weighted by atomic mass is 9.96. The molecule has 0 bridgehead atoms. The Bertz CT molecular complexity index is 751. The molecule has 0 N–H and O–H groups in total. The normalized spacial score (nSPS) is 22.9. The Morgan fingerprint density at radius 3 is 2.74 bits per heavy atom. The summed E-state index contributed by atoms with van der Waals surface area (Å²) in [5.74, 6) is -1.04. The van der Waals surface area contributed by atoms with Crippen LogP contribution < -0.4 is 4.90 Å². The topological polar surface area (TPSA) is 66.9 Å². The first-order valence-electron chi connectivity index (χ1n) is 9.42. The van der Waals surface area contributed by atoms with Crippen LogP contribution >= 0.6 is 11.6 Å². The Kier molecular flexibility index (Phi) is 6.05.